The standard InChI is InChI=1S/C17H25NO3S/c1-2-3-4-9-17(19)18-14-10-12-16(13-11-14)22(20,21)15-7-5-6-8-15/h10-13,15H,2-9H2,1H3,(H,18,19). The first kappa shape index (κ1) is 17.0. The van der Waals surface area contributed by atoms with Crippen LogP contribution in [-0.2, 0) is 14.6 Å². The fraction of sp³-hybridized carbons (Fsp3) is 0.588. The highest BCUT2D eigenvalue weighted by molar-refractivity contribution is 7.92. The number of unbranched alkanes of at least 4 members (excludes halogenated alkanes) is 2. The van der Waals surface area contributed by atoms with E-state index in [-0.39, 0.29) is 11.2 Å². The van der Waals surface area contributed by atoms with Crippen LogP contribution in [0.2, 0.25) is 0 Å². The van der Waals surface area contributed by atoms with Gasteiger partial charge >= 0.3 is 0 Å². The Kier molecular flexibility index (Phi) is 6.00. The Labute approximate surface area is 133 Å². The number of sulfone groups is 1. The molecule has 1 N–H and O–H groups in total. The van der Waals surface area contributed by atoms with E-state index in [2.05, 4.69) is 12.2 Å². The third-order valence-electron chi connectivity index (χ3n) is 4.22. The number of nitrogens with one attached hydrogen (secondary N) is 1. The van der Waals surface area contributed by atoms with Gasteiger partial charge in [0.25, 0.3) is 0 Å². The molecule has 0 spiro atoms. The second-order valence-electron chi connectivity index (χ2n) is 5.98. The van der Waals surface area contributed by atoms with Crippen LogP contribution in [0.4, 0.5) is 5.69 Å². The van der Waals surface area contributed by atoms with Crippen molar-refractivity contribution in [1.29, 1.82) is 0 Å². The molecule has 1 aromatic rings. The summed E-state index contributed by atoms with van der Waals surface area (Å²) < 4.78 is 24.9. The van der Waals surface area contributed by atoms with Crippen molar-refractivity contribution in [3.63, 3.8) is 0 Å². The van der Waals surface area contributed by atoms with E-state index in [4.69, 9.17) is 0 Å². The first-order valence-corrected chi connectivity index (χ1v) is 9.72. The Morgan fingerprint density at radius 1 is 1.14 bits per heavy atom. The minimum Gasteiger partial charge on any atom is -0.326 e. The van der Waals surface area contributed by atoms with Gasteiger partial charge in [-0.15, -0.1) is 0 Å². The van der Waals surface area contributed by atoms with Gasteiger partial charge in [0.05, 0.1) is 10.1 Å². The van der Waals surface area contributed by atoms with Crippen LogP contribution in [0.15, 0.2) is 29.2 Å². The van der Waals surface area contributed by atoms with Crippen LogP contribution in [0.3, 0.4) is 0 Å². The molecular formula is C17H25NO3S. The van der Waals surface area contributed by atoms with Crippen LogP contribution in [0.5, 0.6) is 0 Å². The maximum absolute atomic E-state index is 12.5. The van der Waals surface area contributed by atoms with Crippen LogP contribution in [0.25, 0.3) is 0 Å². The summed E-state index contributed by atoms with van der Waals surface area (Å²) in [6.45, 7) is 2.10. The van der Waals surface area contributed by atoms with Crippen LogP contribution in [0, 0.1) is 0 Å². The topological polar surface area (TPSA) is 63.2 Å². The quantitative estimate of drug-likeness (QED) is 0.774. The highest BCUT2D eigenvalue weighted by Gasteiger charge is 2.30. The molecule has 1 aliphatic carbocycles. The molecule has 2 rings (SSSR count). The van der Waals surface area contributed by atoms with Gasteiger partial charge in [-0.25, -0.2) is 8.42 Å². The molecule has 1 amide bonds. The minimum atomic E-state index is -3.21. The predicted octanol–water partition coefficient (Wildman–Crippen LogP) is 3.92. The highest BCUT2D eigenvalue weighted by atomic mass is 32.2. The number of hydrogen-bond donors (Lipinski definition) is 1. The molecule has 1 aliphatic rings. The van der Waals surface area contributed by atoms with E-state index in [0.29, 0.717) is 17.0 Å². The molecule has 122 valence electrons. The Balaban J connectivity index is 1.96. The SMILES string of the molecule is CCCCCC(=O)Nc1ccc(S(=O)(=O)C2CCCC2)cc1. The Morgan fingerprint density at radius 2 is 1.77 bits per heavy atom. The lowest BCUT2D eigenvalue weighted by Gasteiger charge is -2.12. The highest BCUT2D eigenvalue weighted by Crippen LogP contribution is 2.30. The van der Waals surface area contributed by atoms with E-state index in [1.807, 2.05) is 0 Å². The molecule has 0 unspecified atom stereocenters. The predicted molar refractivity (Wildman–Crippen MR) is 88.7 cm³/mol. The minimum absolute atomic E-state index is 0.0140. The average molecular weight is 323 g/mol. The molecule has 1 saturated carbocycles. The lowest BCUT2D eigenvalue weighted by atomic mass is 10.2. The number of carbonyl (C=O) groups is 1. The Bertz CT molecular complexity index is 587. The Hall–Kier alpha value is -1.36. The van der Waals surface area contributed by atoms with Gasteiger partial charge in [-0.05, 0) is 43.5 Å². The van der Waals surface area contributed by atoms with Crippen LogP contribution < -0.4 is 5.32 Å². The summed E-state index contributed by atoms with van der Waals surface area (Å²) in [6.07, 6.45) is 7.04. The average Bonchev–Trinajstić information content (AvgIpc) is 3.03. The number of rotatable bonds is 7. The van der Waals surface area contributed by atoms with E-state index < -0.39 is 9.84 Å². The third-order valence-corrected chi connectivity index (χ3v) is 6.49. The summed E-state index contributed by atoms with van der Waals surface area (Å²) in [4.78, 5) is 12.1. The molecule has 1 aromatic carbocycles. The largest absolute Gasteiger partial charge is 0.326 e. The molecule has 0 radical (unpaired) electrons. The second-order valence-corrected chi connectivity index (χ2v) is 8.21. The van der Waals surface area contributed by atoms with Crippen LogP contribution in [0.1, 0.15) is 58.3 Å². The van der Waals surface area contributed by atoms with Crippen molar-refractivity contribution < 1.29 is 13.2 Å². The van der Waals surface area contributed by atoms with Gasteiger partial charge in [0.15, 0.2) is 9.84 Å². The van der Waals surface area contributed by atoms with Gasteiger partial charge < -0.3 is 5.32 Å². The summed E-state index contributed by atoms with van der Waals surface area (Å²) >= 11 is 0. The smallest absolute Gasteiger partial charge is 0.224 e. The Morgan fingerprint density at radius 3 is 2.36 bits per heavy atom. The number of hydrogen-bond acceptors (Lipinski definition) is 3. The van der Waals surface area contributed by atoms with Gasteiger partial charge in [0.1, 0.15) is 0 Å². The molecule has 4 nitrogen and oxygen atoms in total. The zero-order valence-corrected chi connectivity index (χ0v) is 14.0. The summed E-state index contributed by atoms with van der Waals surface area (Å²) in [5, 5.41) is 2.58. The first-order valence-electron chi connectivity index (χ1n) is 8.18. The maximum atomic E-state index is 12.5. The van der Waals surface area contributed by atoms with E-state index >= 15 is 0 Å². The van der Waals surface area contributed by atoms with Crippen molar-refractivity contribution in [3.05, 3.63) is 24.3 Å². The molecule has 1 fully saturated rings. The third kappa shape index (κ3) is 4.32. The molecule has 0 heterocycles. The van der Waals surface area contributed by atoms with Crippen molar-refractivity contribution in [3.8, 4) is 0 Å². The zero-order chi connectivity index (χ0) is 16.0. The first-order chi connectivity index (χ1) is 10.5. The van der Waals surface area contributed by atoms with Crippen LogP contribution >= 0.6 is 0 Å². The van der Waals surface area contributed by atoms with Gasteiger partial charge in [-0.1, -0.05) is 32.6 Å². The normalized spacial score (nSPS) is 15.9. The molecular weight excluding hydrogens is 298 g/mol. The molecule has 0 atom stereocenters. The van der Waals surface area contributed by atoms with Gasteiger partial charge in [0, 0.05) is 12.1 Å². The van der Waals surface area contributed by atoms with Crippen LogP contribution in [-0.4, -0.2) is 19.6 Å². The summed E-state index contributed by atoms with van der Waals surface area (Å²) in [7, 11) is -3.21. The lowest BCUT2D eigenvalue weighted by molar-refractivity contribution is -0.116. The summed E-state index contributed by atoms with van der Waals surface area (Å²) in [5.74, 6) is -0.0140. The lowest BCUT2D eigenvalue weighted by Crippen LogP contribution is -2.18. The molecule has 22 heavy (non-hydrogen) atoms. The molecule has 0 saturated heterocycles. The molecule has 0 aliphatic heterocycles. The number of amides is 1. The van der Waals surface area contributed by atoms with Crippen molar-refractivity contribution in [1.82, 2.24) is 0 Å². The monoisotopic (exact) mass is 323 g/mol. The van der Waals surface area contributed by atoms with Gasteiger partial charge in [0.2, 0.25) is 5.91 Å². The van der Waals surface area contributed by atoms with Gasteiger partial charge in [-0.3, -0.25) is 4.79 Å². The van der Waals surface area contributed by atoms with Crippen molar-refractivity contribution >= 4 is 21.4 Å². The number of anilines is 1. The van der Waals surface area contributed by atoms with E-state index in [1.165, 1.54) is 0 Å². The van der Waals surface area contributed by atoms with Crippen molar-refractivity contribution in [2.45, 2.75) is 68.4 Å². The molecule has 0 bridgehead atoms. The van der Waals surface area contributed by atoms with Crippen molar-refractivity contribution in [2.24, 2.45) is 0 Å². The molecule has 0 aromatic heterocycles. The fourth-order valence-corrected chi connectivity index (χ4v) is 4.73. The summed E-state index contributed by atoms with van der Waals surface area (Å²) in [5.41, 5.74) is 0.659. The number of benzene rings is 1. The second kappa shape index (κ2) is 7.77. The van der Waals surface area contributed by atoms with E-state index in [9.17, 15) is 13.2 Å². The van der Waals surface area contributed by atoms with Gasteiger partial charge in [-0.2, -0.15) is 0 Å². The summed E-state index contributed by atoms with van der Waals surface area (Å²) in [6, 6.07) is 6.57. The molecule has 5 heteroatoms. The van der Waals surface area contributed by atoms with E-state index in [1.54, 1.807) is 24.3 Å². The van der Waals surface area contributed by atoms with E-state index in [0.717, 1.165) is 44.9 Å². The fourth-order valence-electron chi connectivity index (χ4n) is 2.88. The maximum Gasteiger partial charge on any atom is 0.224 e. The zero-order valence-electron chi connectivity index (χ0n) is 13.2. The van der Waals surface area contributed by atoms with Crippen molar-refractivity contribution in [2.75, 3.05) is 5.32 Å². The number of carbonyl (C=O) groups excluding carboxylic acids is 1.